The van der Waals surface area contributed by atoms with Gasteiger partial charge in [-0.25, -0.2) is 4.58 Å². The van der Waals surface area contributed by atoms with Crippen molar-refractivity contribution in [1.29, 1.82) is 0 Å². The van der Waals surface area contributed by atoms with Gasteiger partial charge in [0.1, 0.15) is 7.05 Å². The third-order valence-corrected chi connectivity index (χ3v) is 1.60. The Morgan fingerprint density at radius 1 is 1.25 bits per heavy atom. The lowest BCUT2D eigenvalue weighted by atomic mass is 10.3. The normalized spacial score (nSPS) is 11.0. The van der Waals surface area contributed by atoms with Gasteiger partial charge < -0.3 is 0 Å². The van der Waals surface area contributed by atoms with Crippen molar-refractivity contribution < 1.29 is 4.58 Å². The van der Waals surface area contributed by atoms with E-state index in [0.717, 1.165) is 5.57 Å². The first-order chi connectivity index (χ1) is 5.57. The number of nitrogens with zero attached hydrogens (tertiary/aromatic N) is 1. The van der Waals surface area contributed by atoms with Crippen LogP contribution < -0.4 is 0 Å². The van der Waals surface area contributed by atoms with Gasteiger partial charge in [0.05, 0.1) is 0 Å². The standard InChI is InChI=1S/C11H18N/c1-6-7-11(4)8-9-12(5)10(2)3/h6-9H,4H2,1-3,5H3/q+1/b7-6-,9-8-. The van der Waals surface area contributed by atoms with E-state index in [2.05, 4.69) is 25.0 Å². The van der Waals surface area contributed by atoms with Gasteiger partial charge >= 0.3 is 0 Å². The second-order valence-electron chi connectivity index (χ2n) is 2.95. The van der Waals surface area contributed by atoms with E-state index < -0.39 is 0 Å². The predicted molar refractivity (Wildman–Crippen MR) is 55.6 cm³/mol. The molecular weight excluding hydrogens is 146 g/mol. The summed E-state index contributed by atoms with van der Waals surface area (Å²) in [6.45, 7) is 10.00. The van der Waals surface area contributed by atoms with E-state index in [9.17, 15) is 0 Å². The molecule has 0 aromatic carbocycles. The minimum atomic E-state index is 1.02. The van der Waals surface area contributed by atoms with Crippen molar-refractivity contribution in [3.63, 3.8) is 0 Å². The van der Waals surface area contributed by atoms with Gasteiger partial charge in [-0.1, -0.05) is 18.7 Å². The molecule has 0 aliphatic heterocycles. The van der Waals surface area contributed by atoms with Crippen LogP contribution in [0.25, 0.3) is 0 Å². The number of rotatable bonds is 3. The zero-order chi connectivity index (χ0) is 9.56. The van der Waals surface area contributed by atoms with E-state index in [1.807, 2.05) is 38.4 Å². The molecule has 0 aliphatic rings. The Morgan fingerprint density at radius 2 is 1.83 bits per heavy atom. The van der Waals surface area contributed by atoms with Crippen molar-refractivity contribution in [3.8, 4) is 0 Å². The van der Waals surface area contributed by atoms with Crippen LogP contribution in [0.3, 0.4) is 0 Å². The van der Waals surface area contributed by atoms with Gasteiger partial charge in [-0.2, -0.15) is 0 Å². The lowest BCUT2D eigenvalue weighted by molar-refractivity contribution is -0.423. The highest BCUT2D eigenvalue weighted by molar-refractivity contribution is 5.74. The average Bonchev–Trinajstić information content (AvgIpc) is 2.00. The molecule has 0 aromatic heterocycles. The molecule has 0 radical (unpaired) electrons. The molecule has 12 heavy (non-hydrogen) atoms. The Hall–Kier alpha value is -1.11. The molecule has 0 rings (SSSR count). The number of hydrogen-bond donors (Lipinski definition) is 0. The van der Waals surface area contributed by atoms with Gasteiger partial charge in [0.2, 0.25) is 0 Å². The summed E-state index contributed by atoms with van der Waals surface area (Å²) in [5, 5.41) is 0. The Bertz CT molecular complexity index is 238. The molecule has 66 valence electrons. The van der Waals surface area contributed by atoms with Crippen LogP contribution in [0.1, 0.15) is 20.8 Å². The second kappa shape index (κ2) is 5.53. The van der Waals surface area contributed by atoms with Crippen LogP contribution in [-0.2, 0) is 0 Å². The van der Waals surface area contributed by atoms with E-state index >= 15 is 0 Å². The fourth-order valence-corrected chi connectivity index (χ4v) is 0.626. The van der Waals surface area contributed by atoms with E-state index in [-0.39, 0.29) is 0 Å². The minimum absolute atomic E-state index is 1.02. The molecule has 0 aliphatic carbocycles. The van der Waals surface area contributed by atoms with Gasteiger partial charge in [0.15, 0.2) is 11.9 Å². The molecule has 0 amide bonds. The summed E-state index contributed by atoms with van der Waals surface area (Å²) < 4.78 is 2.06. The highest BCUT2D eigenvalue weighted by atomic mass is 14.9. The van der Waals surface area contributed by atoms with Gasteiger partial charge in [-0.15, -0.1) is 0 Å². The molecule has 0 saturated heterocycles. The summed E-state index contributed by atoms with van der Waals surface area (Å²) in [6, 6.07) is 0. The van der Waals surface area contributed by atoms with Crippen LogP contribution in [0.4, 0.5) is 0 Å². The highest BCUT2D eigenvalue weighted by Crippen LogP contribution is 1.94. The predicted octanol–water partition coefficient (Wildman–Crippen LogP) is 2.76. The maximum Gasteiger partial charge on any atom is 0.168 e. The molecule has 0 unspecified atom stereocenters. The van der Waals surface area contributed by atoms with E-state index in [1.54, 1.807) is 0 Å². The third kappa shape index (κ3) is 4.67. The molecule has 1 nitrogen and oxygen atoms in total. The van der Waals surface area contributed by atoms with Crippen molar-refractivity contribution >= 4 is 5.71 Å². The fraction of sp³-hybridized carbons (Fsp3) is 0.364. The molecule has 0 atom stereocenters. The van der Waals surface area contributed by atoms with Crippen molar-refractivity contribution in [2.75, 3.05) is 7.05 Å². The van der Waals surface area contributed by atoms with Gasteiger partial charge in [0.25, 0.3) is 0 Å². The maximum absolute atomic E-state index is 3.87. The first-order valence-corrected chi connectivity index (χ1v) is 4.10. The quantitative estimate of drug-likeness (QED) is 0.343. The van der Waals surface area contributed by atoms with Crippen LogP contribution in [0.2, 0.25) is 0 Å². The summed E-state index contributed by atoms with van der Waals surface area (Å²) in [5.74, 6) is 0. The zero-order valence-electron chi connectivity index (χ0n) is 8.46. The lowest BCUT2D eigenvalue weighted by Gasteiger charge is -1.90. The van der Waals surface area contributed by atoms with E-state index in [4.69, 9.17) is 0 Å². The van der Waals surface area contributed by atoms with Crippen molar-refractivity contribution in [1.82, 2.24) is 0 Å². The molecule has 0 bridgehead atoms. The monoisotopic (exact) mass is 164 g/mol. The molecule has 0 fully saturated rings. The molecule has 0 aromatic rings. The fourth-order valence-electron chi connectivity index (χ4n) is 0.626. The largest absolute Gasteiger partial charge is 0.209 e. The van der Waals surface area contributed by atoms with Crippen LogP contribution in [-0.4, -0.2) is 17.3 Å². The minimum Gasteiger partial charge on any atom is -0.209 e. The highest BCUT2D eigenvalue weighted by Gasteiger charge is 1.91. The Morgan fingerprint density at radius 3 is 2.25 bits per heavy atom. The molecule has 0 heterocycles. The van der Waals surface area contributed by atoms with E-state index in [1.165, 1.54) is 5.71 Å². The summed E-state index contributed by atoms with van der Waals surface area (Å²) in [4.78, 5) is 0. The first kappa shape index (κ1) is 10.9. The van der Waals surface area contributed by atoms with Crippen LogP contribution in [0, 0.1) is 0 Å². The van der Waals surface area contributed by atoms with Crippen molar-refractivity contribution in [2.24, 2.45) is 0 Å². The molecule has 0 spiro atoms. The average molecular weight is 164 g/mol. The van der Waals surface area contributed by atoms with Gasteiger partial charge in [-0.05, 0) is 12.5 Å². The summed E-state index contributed by atoms with van der Waals surface area (Å²) in [5.41, 5.74) is 2.28. The Labute approximate surface area is 75.4 Å². The molecular formula is C11H18N+. The Balaban J connectivity index is 4.27. The Kier molecular flexibility index (Phi) is 5.02. The lowest BCUT2D eigenvalue weighted by Crippen LogP contribution is -2.03. The molecule has 0 saturated carbocycles. The van der Waals surface area contributed by atoms with E-state index in [0.29, 0.717) is 0 Å². The maximum atomic E-state index is 3.87. The SMILES string of the molecule is C=C(/C=C\C)/C=C\[N+](C)=C(C)C. The van der Waals surface area contributed by atoms with Crippen molar-refractivity contribution in [2.45, 2.75) is 20.8 Å². The van der Waals surface area contributed by atoms with Crippen LogP contribution in [0.15, 0.2) is 36.6 Å². The van der Waals surface area contributed by atoms with Crippen LogP contribution >= 0.6 is 0 Å². The summed E-state index contributed by atoms with van der Waals surface area (Å²) >= 11 is 0. The third-order valence-electron chi connectivity index (χ3n) is 1.60. The van der Waals surface area contributed by atoms with Gasteiger partial charge in [-0.3, -0.25) is 0 Å². The zero-order valence-corrected chi connectivity index (χ0v) is 8.46. The smallest absolute Gasteiger partial charge is 0.168 e. The van der Waals surface area contributed by atoms with Crippen molar-refractivity contribution in [3.05, 3.63) is 36.6 Å². The number of allylic oxidation sites excluding steroid dienone is 4. The topological polar surface area (TPSA) is 3.01 Å². The number of hydrogen-bond acceptors (Lipinski definition) is 0. The van der Waals surface area contributed by atoms with Crippen LogP contribution in [0.5, 0.6) is 0 Å². The first-order valence-electron chi connectivity index (χ1n) is 4.10. The molecule has 0 N–H and O–H groups in total. The molecule has 1 heteroatoms. The van der Waals surface area contributed by atoms with Gasteiger partial charge in [0, 0.05) is 19.9 Å². The summed E-state index contributed by atoms with van der Waals surface area (Å²) in [7, 11) is 2.02. The second-order valence-corrected chi connectivity index (χ2v) is 2.95. The summed E-state index contributed by atoms with van der Waals surface area (Å²) in [6.07, 6.45) is 7.97.